The first-order valence-electron chi connectivity index (χ1n) is 5.73. The van der Waals surface area contributed by atoms with Gasteiger partial charge in [-0.15, -0.1) is 11.8 Å². The second kappa shape index (κ2) is 5.71. The summed E-state index contributed by atoms with van der Waals surface area (Å²) in [6.07, 6.45) is 1.99. The lowest BCUT2D eigenvalue weighted by molar-refractivity contribution is 0.692. The number of nitrogen functional groups attached to an aromatic ring is 1. The molecule has 6 heteroatoms. The van der Waals surface area contributed by atoms with Crippen molar-refractivity contribution >= 4 is 29.4 Å². The third-order valence-electron chi connectivity index (χ3n) is 2.65. The highest BCUT2D eigenvalue weighted by Gasteiger charge is 2.13. The molecular weight excluding hydrogens is 276 g/mol. The summed E-state index contributed by atoms with van der Waals surface area (Å²) in [5, 5.41) is 13.1. The first-order chi connectivity index (χ1) is 9.02. The zero-order valence-electron chi connectivity index (χ0n) is 11.1. The Bertz CT molecular complexity index is 619. The van der Waals surface area contributed by atoms with Crippen LogP contribution in [0.25, 0.3) is 0 Å². The molecule has 0 saturated heterocycles. The monoisotopic (exact) mass is 292 g/mol. The lowest BCUT2D eigenvalue weighted by Gasteiger charge is -2.11. The summed E-state index contributed by atoms with van der Waals surface area (Å²) in [6.45, 7) is 1.97. The van der Waals surface area contributed by atoms with Gasteiger partial charge in [0.1, 0.15) is 5.84 Å². The van der Waals surface area contributed by atoms with Crippen molar-refractivity contribution < 1.29 is 0 Å². The third kappa shape index (κ3) is 2.96. The Hall–Kier alpha value is -1.40. The van der Waals surface area contributed by atoms with Crippen molar-refractivity contribution in [3.05, 3.63) is 35.5 Å². The van der Waals surface area contributed by atoms with Crippen LogP contribution in [0.5, 0.6) is 0 Å². The molecule has 0 amide bonds. The number of hydrogen-bond acceptors (Lipinski definition) is 4. The minimum atomic E-state index is 0.103. The van der Waals surface area contributed by atoms with Crippen LogP contribution in [0.15, 0.2) is 39.1 Å². The highest BCUT2D eigenvalue weighted by Crippen LogP contribution is 2.34. The summed E-state index contributed by atoms with van der Waals surface area (Å²) in [7, 11) is 1.92. The molecule has 2 aromatic rings. The van der Waals surface area contributed by atoms with Gasteiger partial charge in [-0.2, -0.15) is 5.10 Å². The molecular formula is C13H16N4S2. The first-order valence-corrected chi connectivity index (χ1v) is 7.77. The Morgan fingerprint density at radius 1 is 1.37 bits per heavy atom. The van der Waals surface area contributed by atoms with Gasteiger partial charge in [0.2, 0.25) is 0 Å². The lowest BCUT2D eigenvalue weighted by atomic mass is 10.2. The average molecular weight is 292 g/mol. The maximum Gasteiger partial charge on any atom is 0.125 e. The molecule has 0 aliphatic carbocycles. The van der Waals surface area contributed by atoms with E-state index in [0.29, 0.717) is 0 Å². The van der Waals surface area contributed by atoms with Crippen molar-refractivity contribution in [1.29, 1.82) is 5.41 Å². The van der Waals surface area contributed by atoms with Crippen LogP contribution < -0.4 is 5.73 Å². The molecule has 0 radical (unpaired) electrons. The maximum atomic E-state index is 7.77. The van der Waals surface area contributed by atoms with Gasteiger partial charge in [-0.05, 0) is 31.4 Å². The fourth-order valence-electron chi connectivity index (χ4n) is 1.83. The number of nitrogens with zero attached hydrogens (tertiary/aromatic N) is 2. The number of nitrogens with two attached hydrogens (primary N) is 1. The highest BCUT2D eigenvalue weighted by atomic mass is 32.2. The van der Waals surface area contributed by atoms with Crippen LogP contribution in [0.1, 0.15) is 11.3 Å². The van der Waals surface area contributed by atoms with Crippen molar-refractivity contribution in [2.75, 3.05) is 6.26 Å². The number of hydrogen-bond donors (Lipinski definition) is 2. The van der Waals surface area contributed by atoms with Crippen LogP contribution in [0.2, 0.25) is 0 Å². The lowest BCUT2D eigenvalue weighted by Crippen LogP contribution is -2.13. The van der Waals surface area contributed by atoms with Gasteiger partial charge in [0.15, 0.2) is 0 Å². The van der Waals surface area contributed by atoms with E-state index in [1.165, 1.54) is 0 Å². The van der Waals surface area contributed by atoms with Crippen LogP contribution >= 0.6 is 23.5 Å². The van der Waals surface area contributed by atoms with Gasteiger partial charge in [-0.25, -0.2) is 0 Å². The third-order valence-corrected chi connectivity index (χ3v) is 4.58. The van der Waals surface area contributed by atoms with E-state index in [-0.39, 0.29) is 5.84 Å². The Kier molecular flexibility index (Phi) is 4.21. The van der Waals surface area contributed by atoms with E-state index in [9.17, 15) is 0 Å². The SMILES string of the molecule is CSc1cccc(Sc2cc(C)nn2C)c1C(=N)N. The number of benzene rings is 1. The molecule has 19 heavy (non-hydrogen) atoms. The number of aromatic nitrogens is 2. The van der Waals surface area contributed by atoms with E-state index >= 15 is 0 Å². The van der Waals surface area contributed by atoms with Crippen LogP contribution in [-0.4, -0.2) is 21.9 Å². The number of amidine groups is 1. The van der Waals surface area contributed by atoms with Crippen molar-refractivity contribution in [2.24, 2.45) is 12.8 Å². The van der Waals surface area contributed by atoms with Crippen molar-refractivity contribution in [3.8, 4) is 0 Å². The normalized spacial score (nSPS) is 10.7. The minimum absolute atomic E-state index is 0.103. The number of aryl methyl sites for hydroxylation is 2. The topological polar surface area (TPSA) is 67.7 Å². The molecule has 1 aromatic carbocycles. The molecule has 1 heterocycles. The van der Waals surface area contributed by atoms with E-state index < -0.39 is 0 Å². The van der Waals surface area contributed by atoms with E-state index in [4.69, 9.17) is 11.1 Å². The number of rotatable bonds is 4. The summed E-state index contributed by atoms with van der Waals surface area (Å²) in [5.74, 6) is 0.103. The fourth-order valence-corrected chi connectivity index (χ4v) is 3.63. The second-order valence-corrected chi connectivity index (χ2v) is 6.01. The predicted molar refractivity (Wildman–Crippen MR) is 81.3 cm³/mol. The Balaban J connectivity index is 2.45. The zero-order chi connectivity index (χ0) is 14.0. The van der Waals surface area contributed by atoms with Crippen LogP contribution in [0, 0.1) is 12.3 Å². The Morgan fingerprint density at radius 3 is 2.58 bits per heavy atom. The molecule has 0 saturated carbocycles. The summed E-state index contributed by atoms with van der Waals surface area (Å²) in [6, 6.07) is 7.99. The Labute approximate surface area is 121 Å². The van der Waals surface area contributed by atoms with Crippen molar-refractivity contribution in [3.63, 3.8) is 0 Å². The molecule has 0 atom stereocenters. The molecule has 0 aliphatic heterocycles. The molecule has 4 nitrogen and oxygen atoms in total. The fraction of sp³-hybridized carbons (Fsp3) is 0.231. The Morgan fingerprint density at radius 2 is 2.05 bits per heavy atom. The van der Waals surface area contributed by atoms with Crippen LogP contribution in [-0.2, 0) is 7.05 Å². The van der Waals surface area contributed by atoms with E-state index in [1.807, 2.05) is 49.2 Å². The average Bonchev–Trinajstić information content (AvgIpc) is 2.67. The van der Waals surface area contributed by atoms with Crippen molar-refractivity contribution in [2.45, 2.75) is 21.7 Å². The summed E-state index contributed by atoms with van der Waals surface area (Å²) in [5.41, 5.74) is 7.51. The first kappa shape index (κ1) is 14.0. The molecule has 0 bridgehead atoms. The molecule has 100 valence electrons. The molecule has 0 unspecified atom stereocenters. The molecule has 0 fully saturated rings. The second-order valence-electron chi connectivity index (χ2n) is 4.10. The smallest absolute Gasteiger partial charge is 0.125 e. The summed E-state index contributed by atoms with van der Waals surface area (Å²) < 4.78 is 1.84. The van der Waals surface area contributed by atoms with Gasteiger partial charge in [0.05, 0.1) is 10.7 Å². The maximum absolute atomic E-state index is 7.77. The van der Waals surface area contributed by atoms with Crippen LogP contribution in [0.3, 0.4) is 0 Å². The van der Waals surface area contributed by atoms with E-state index in [0.717, 1.165) is 26.1 Å². The largest absolute Gasteiger partial charge is 0.384 e. The van der Waals surface area contributed by atoms with E-state index in [1.54, 1.807) is 23.5 Å². The zero-order valence-corrected chi connectivity index (χ0v) is 12.7. The summed E-state index contributed by atoms with van der Waals surface area (Å²) in [4.78, 5) is 2.01. The molecule has 3 N–H and O–H groups in total. The number of nitrogens with one attached hydrogen (secondary N) is 1. The molecule has 0 aliphatic rings. The van der Waals surface area contributed by atoms with Gasteiger partial charge < -0.3 is 5.73 Å². The van der Waals surface area contributed by atoms with Crippen LogP contribution in [0.4, 0.5) is 0 Å². The van der Waals surface area contributed by atoms with Gasteiger partial charge in [0.25, 0.3) is 0 Å². The van der Waals surface area contributed by atoms with Crippen molar-refractivity contribution in [1.82, 2.24) is 9.78 Å². The van der Waals surface area contributed by atoms with Gasteiger partial charge in [-0.3, -0.25) is 10.1 Å². The number of thioether (sulfide) groups is 1. The summed E-state index contributed by atoms with van der Waals surface area (Å²) >= 11 is 3.19. The van der Waals surface area contributed by atoms with Gasteiger partial charge in [0, 0.05) is 22.4 Å². The van der Waals surface area contributed by atoms with Gasteiger partial charge >= 0.3 is 0 Å². The predicted octanol–water partition coefficient (Wildman–Crippen LogP) is 2.89. The minimum Gasteiger partial charge on any atom is -0.384 e. The quantitative estimate of drug-likeness (QED) is 0.516. The molecule has 0 spiro atoms. The highest BCUT2D eigenvalue weighted by molar-refractivity contribution is 8.00. The standard InChI is InChI=1S/C13H16N4S2/c1-8-7-11(17(2)16-8)19-10-6-4-5-9(18-3)12(10)13(14)15/h4-7H,1-3H3,(H3,14,15). The molecule has 2 rings (SSSR count). The van der Waals surface area contributed by atoms with E-state index in [2.05, 4.69) is 5.10 Å². The molecule has 1 aromatic heterocycles. The van der Waals surface area contributed by atoms with Gasteiger partial charge in [-0.1, -0.05) is 17.8 Å².